The van der Waals surface area contributed by atoms with Gasteiger partial charge in [0.2, 0.25) is 0 Å². The van der Waals surface area contributed by atoms with Gasteiger partial charge in [0, 0.05) is 31.0 Å². The number of carbonyl (C=O) groups excluding carboxylic acids is 1. The average Bonchev–Trinajstić information content (AvgIpc) is 2.77. The molecule has 148 valence electrons. The first kappa shape index (κ1) is 19.2. The number of pyridine rings is 1. The summed E-state index contributed by atoms with van der Waals surface area (Å²) in [6.45, 7) is 5.86. The lowest BCUT2D eigenvalue weighted by atomic mass is 10.0. The Hall–Kier alpha value is -3.14. The molecular formula is C25H27N3O. The van der Waals surface area contributed by atoms with Crippen molar-refractivity contribution in [3.05, 3.63) is 89.7 Å². The Labute approximate surface area is 172 Å². The normalized spacial score (nSPS) is 13.3. The summed E-state index contributed by atoms with van der Waals surface area (Å²) in [6.07, 6.45) is 5.55. The fourth-order valence-electron chi connectivity index (χ4n) is 3.95. The molecule has 1 aromatic heterocycles. The van der Waals surface area contributed by atoms with E-state index in [1.807, 2.05) is 41.4 Å². The van der Waals surface area contributed by atoms with E-state index in [-0.39, 0.29) is 11.9 Å². The highest BCUT2D eigenvalue weighted by molar-refractivity contribution is 6.07. The van der Waals surface area contributed by atoms with Gasteiger partial charge in [-0.05, 0) is 49.9 Å². The Kier molecular flexibility index (Phi) is 5.61. The molecule has 4 rings (SSSR count). The number of nitrogens with zero attached hydrogens (tertiary/aromatic N) is 3. The van der Waals surface area contributed by atoms with Crippen molar-refractivity contribution in [3.63, 3.8) is 0 Å². The van der Waals surface area contributed by atoms with Gasteiger partial charge in [0.1, 0.15) is 0 Å². The maximum atomic E-state index is 13.3. The van der Waals surface area contributed by atoms with Crippen LogP contribution in [-0.2, 0) is 13.0 Å². The predicted molar refractivity (Wildman–Crippen MR) is 118 cm³/mol. The molecule has 0 saturated carbocycles. The highest BCUT2D eigenvalue weighted by atomic mass is 16.2. The van der Waals surface area contributed by atoms with Crippen LogP contribution in [0, 0.1) is 0 Å². The molecule has 0 unspecified atom stereocenters. The molecule has 1 aliphatic heterocycles. The number of hydrogen-bond donors (Lipinski definition) is 0. The van der Waals surface area contributed by atoms with Crippen molar-refractivity contribution in [1.29, 1.82) is 0 Å². The van der Waals surface area contributed by atoms with Gasteiger partial charge in [-0.3, -0.25) is 9.78 Å². The van der Waals surface area contributed by atoms with Gasteiger partial charge in [0.05, 0.1) is 17.4 Å². The van der Waals surface area contributed by atoms with Crippen LogP contribution >= 0.6 is 0 Å². The number of benzene rings is 2. The van der Waals surface area contributed by atoms with Crippen LogP contribution in [0.1, 0.15) is 41.8 Å². The zero-order chi connectivity index (χ0) is 20.2. The molecule has 0 fully saturated rings. The van der Waals surface area contributed by atoms with Gasteiger partial charge in [-0.2, -0.15) is 0 Å². The molecule has 0 atom stereocenters. The minimum absolute atomic E-state index is 0.0231. The highest BCUT2D eigenvalue weighted by Crippen LogP contribution is 2.29. The largest absolute Gasteiger partial charge is 0.364 e. The third-order valence-corrected chi connectivity index (χ3v) is 5.48. The Balaban J connectivity index is 1.62. The Bertz CT molecular complexity index is 984. The molecule has 1 aliphatic rings. The standard InChI is InChI=1S/C25H27N3O/c1-19(2)28(18-20-9-4-3-5-10-20)23-15-22(16-26-17-23)25(29)27-14-8-12-21-11-6-7-13-24(21)27/h3-7,9-11,13,15-17,19H,8,12,14,18H2,1-2H3. The molecule has 0 aliphatic carbocycles. The van der Waals surface area contributed by atoms with Crippen LogP contribution in [0.25, 0.3) is 0 Å². The van der Waals surface area contributed by atoms with E-state index in [1.54, 1.807) is 6.20 Å². The second kappa shape index (κ2) is 8.48. The molecule has 0 N–H and O–H groups in total. The topological polar surface area (TPSA) is 36.4 Å². The van der Waals surface area contributed by atoms with Crippen molar-refractivity contribution in [2.24, 2.45) is 0 Å². The summed E-state index contributed by atoms with van der Waals surface area (Å²) in [5.41, 5.74) is 5.11. The molecule has 2 aromatic carbocycles. The monoisotopic (exact) mass is 385 g/mol. The lowest BCUT2D eigenvalue weighted by Gasteiger charge is -2.31. The molecule has 3 aromatic rings. The quantitative estimate of drug-likeness (QED) is 0.614. The maximum Gasteiger partial charge on any atom is 0.259 e. The molecule has 4 heteroatoms. The van der Waals surface area contributed by atoms with Crippen LogP contribution < -0.4 is 9.80 Å². The smallest absolute Gasteiger partial charge is 0.259 e. The lowest BCUT2D eigenvalue weighted by molar-refractivity contribution is 0.0985. The second-order valence-corrected chi connectivity index (χ2v) is 7.83. The summed E-state index contributed by atoms with van der Waals surface area (Å²) < 4.78 is 0. The van der Waals surface area contributed by atoms with E-state index >= 15 is 0 Å². The third-order valence-electron chi connectivity index (χ3n) is 5.48. The first-order valence-corrected chi connectivity index (χ1v) is 10.3. The summed E-state index contributed by atoms with van der Waals surface area (Å²) in [6, 6.07) is 20.9. The first-order valence-electron chi connectivity index (χ1n) is 10.3. The zero-order valence-corrected chi connectivity index (χ0v) is 17.1. The van der Waals surface area contributed by atoms with Crippen LogP contribution in [-0.4, -0.2) is 23.5 Å². The predicted octanol–water partition coefficient (Wildman–Crippen LogP) is 5.09. The molecule has 29 heavy (non-hydrogen) atoms. The molecule has 4 nitrogen and oxygen atoms in total. The lowest BCUT2D eigenvalue weighted by Crippen LogP contribution is -2.36. The van der Waals surface area contributed by atoms with E-state index in [0.717, 1.165) is 37.3 Å². The molecule has 1 amide bonds. The molecular weight excluding hydrogens is 358 g/mol. The molecule has 0 saturated heterocycles. The van der Waals surface area contributed by atoms with Crippen LogP contribution in [0.3, 0.4) is 0 Å². The Morgan fingerprint density at radius 1 is 1.07 bits per heavy atom. The van der Waals surface area contributed by atoms with Crippen molar-refractivity contribution in [3.8, 4) is 0 Å². The van der Waals surface area contributed by atoms with E-state index in [0.29, 0.717) is 5.56 Å². The maximum absolute atomic E-state index is 13.3. The van der Waals surface area contributed by atoms with E-state index in [9.17, 15) is 4.79 Å². The fraction of sp³-hybridized carbons (Fsp3) is 0.280. The van der Waals surface area contributed by atoms with Gasteiger partial charge in [-0.1, -0.05) is 48.5 Å². The van der Waals surface area contributed by atoms with Gasteiger partial charge in [-0.25, -0.2) is 0 Å². The van der Waals surface area contributed by atoms with Crippen LogP contribution in [0.2, 0.25) is 0 Å². The van der Waals surface area contributed by atoms with Gasteiger partial charge < -0.3 is 9.80 Å². The van der Waals surface area contributed by atoms with Crippen LogP contribution in [0.15, 0.2) is 73.1 Å². The number of fused-ring (bicyclic) bond motifs is 1. The van der Waals surface area contributed by atoms with E-state index in [4.69, 9.17) is 0 Å². The zero-order valence-electron chi connectivity index (χ0n) is 17.1. The number of para-hydroxylation sites is 1. The number of anilines is 2. The second-order valence-electron chi connectivity index (χ2n) is 7.83. The summed E-state index contributed by atoms with van der Waals surface area (Å²) in [7, 11) is 0. The number of aromatic nitrogens is 1. The van der Waals surface area contributed by atoms with Gasteiger partial charge >= 0.3 is 0 Å². The van der Waals surface area contributed by atoms with E-state index in [2.05, 4.69) is 54.1 Å². The Morgan fingerprint density at radius 2 is 1.83 bits per heavy atom. The summed E-state index contributed by atoms with van der Waals surface area (Å²) in [4.78, 5) is 21.9. The van der Waals surface area contributed by atoms with Gasteiger partial charge in [0.25, 0.3) is 5.91 Å². The van der Waals surface area contributed by atoms with Gasteiger partial charge in [-0.15, -0.1) is 0 Å². The highest BCUT2D eigenvalue weighted by Gasteiger charge is 2.24. The summed E-state index contributed by atoms with van der Waals surface area (Å²) in [5.74, 6) is 0.0231. The van der Waals surface area contributed by atoms with Crippen molar-refractivity contribution in [1.82, 2.24) is 4.98 Å². The van der Waals surface area contributed by atoms with Crippen LogP contribution in [0.5, 0.6) is 0 Å². The summed E-state index contributed by atoms with van der Waals surface area (Å²) >= 11 is 0. The minimum Gasteiger partial charge on any atom is -0.364 e. The summed E-state index contributed by atoms with van der Waals surface area (Å²) in [5, 5.41) is 0. The molecule has 0 radical (unpaired) electrons. The van der Waals surface area contributed by atoms with Crippen molar-refractivity contribution >= 4 is 17.3 Å². The van der Waals surface area contributed by atoms with Gasteiger partial charge in [0.15, 0.2) is 0 Å². The number of carbonyl (C=O) groups is 1. The number of rotatable bonds is 5. The molecule has 0 spiro atoms. The van der Waals surface area contributed by atoms with Crippen LogP contribution in [0.4, 0.5) is 11.4 Å². The van der Waals surface area contributed by atoms with Crippen molar-refractivity contribution in [2.45, 2.75) is 39.3 Å². The van der Waals surface area contributed by atoms with E-state index in [1.165, 1.54) is 11.1 Å². The number of aryl methyl sites for hydroxylation is 1. The van der Waals surface area contributed by atoms with Crippen molar-refractivity contribution in [2.75, 3.05) is 16.3 Å². The third kappa shape index (κ3) is 4.16. The first-order chi connectivity index (χ1) is 14.1. The number of hydrogen-bond acceptors (Lipinski definition) is 3. The van der Waals surface area contributed by atoms with Crippen molar-refractivity contribution < 1.29 is 4.79 Å². The molecule has 0 bridgehead atoms. The molecule has 2 heterocycles. The average molecular weight is 386 g/mol. The Morgan fingerprint density at radius 3 is 2.62 bits per heavy atom. The van der Waals surface area contributed by atoms with E-state index < -0.39 is 0 Å². The number of amides is 1. The fourth-order valence-corrected chi connectivity index (χ4v) is 3.95. The minimum atomic E-state index is 0.0231. The SMILES string of the molecule is CC(C)N(Cc1ccccc1)c1cncc(C(=O)N2CCCc3ccccc32)c1.